The molecule has 10 heteroatoms. The summed E-state index contributed by atoms with van der Waals surface area (Å²) in [5.74, 6) is 0.343. The molecule has 3 atom stereocenters. The summed E-state index contributed by atoms with van der Waals surface area (Å²) in [6, 6.07) is 2.99. The van der Waals surface area contributed by atoms with Gasteiger partial charge in [0.15, 0.2) is 17.2 Å². The van der Waals surface area contributed by atoms with Gasteiger partial charge in [-0.3, -0.25) is 4.79 Å². The van der Waals surface area contributed by atoms with Crippen molar-refractivity contribution in [2.75, 3.05) is 23.3 Å². The van der Waals surface area contributed by atoms with E-state index in [-0.39, 0.29) is 29.0 Å². The van der Waals surface area contributed by atoms with Crippen LogP contribution in [0.3, 0.4) is 0 Å². The summed E-state index contributed by atoms with van der Waals surface area (Å²) in [5.41, 5.74) is 0.534. The highest BCUT2D eigenvalue weighted by Crippen LogP contribution is 2.53. The molecule has 1 aromatic heterocycles. The van der Waals surface area contributed by atoms with Gasteiger partial charge in [-0.15, -0.1) is 0 Å². The van der Waals surface area contributed by atoms with Gasteiger partial charge in [-0.2, -0.15) is 18.2 Å². The zero-order chi connectivity index (χ0) is 25.8. The molecule has 196 valence electrons. The van der Waals surface area contributed by atoms with Gasteiger partial charge in [0.05, 0.1) is 6.10 Å². The van der Waals surface area contributed by atoms with Crippen LogP contribution in [0, 0.1) is 24.2 Å². The van der Waals surface area contributed by atoms with Crippen molar-refractivity contribution in [2.24, 2.45) is 17.3 Å². The molecule has 0 spiro atoms. The lowest BCUT2D eigenvalue weighted by molar-refractivity contribution is -0.130. The summed E-state index contributed by atoms with van der Waals surface area (Å²) in [5, 5.41) is 13.1. The smallest absolute Gasteiger partial charge is 0.396 e. The quantitative estimate of drug-likeness (QED) is 0.466. The Morgan fingerprint density at radius 1 is 1.22 bits per heavy atom. The summed E-state index contributed by atoms with van der Waals surface area (Å²) in [7, 11) is 0. The Labute approximate surface area is 208 Å². The first kappa shape index (κ1) is 24.8. The molecule has 7 nitrogen and oxygen atoms in total. The Bertz CT molecular complexity index is 1120. The summed E-state index contributed by atoms with van der Waals surface area (Å²) < 4.78 is 51.1. The lowest BCUT2D eigenvalue weighted by Crippen LogP contribution is -2.56. The van der Waals surface area contributed by atoms with Crippen LogP contribution in [0.5, 0.6) is 11.5 Å². The van der Waals surface area contributed by atoms with Crippen LogP contribution in [0.2, 0.25) is 0 Å². The second kappa shape index (κ2) is 8.88. The number of oxazole rings is 1. The number of carbonyl (C=O) groups is 1. The second-order valence-corrected chi connectivity index (χ2v) is 10.7. The van der Waals surface area contributed by atoms with Crippen LogP contribution in [0.15, 0.2) is 16.5 Å². The molecule has 2 saturated carbocycles. The Hall–Kier alpha value is -2.91. The topological polar surface area (TPSA) is 87.8 Å². The van der Waals surface area contributed by atoms with Crippen LogP contribution in [-0.4, -0.2) is 41.4 Å². The maximum atomic E-state index is 13.2. The van der Waals surface area contributed by atoms with Crippen molar-refractivity contribution in [1.29, 1.82) is 0 Å². The van der Waals surface area contributed by atoms with Gasteiger partial charge in [0.1, 0.15) is 12.2 Å². The molecule has 2 aromatic rings. The maximum Gasteiger partial charge on any atom is 0.396 e. The third-order valence-electron chi connectivity index (χ3n) is 8.08. The van der Waals surface area contributed by atoms with Crippen LogP contribution >= 0.6 is 0 Å². The summed E-state index contributed by atoms with van der Waals surface area (Å²) in [6.45, 7) is 7.14. The number of aromatic hydroxyl groups is 1. The van der Waals surface area contributed by atoms with Crippen LogP contribution in [0.1, 0.15) is 67.8 Å². The highest BCUT2D eigenvalue weighted by Gasteiger charge is 2.47. The molecular weight excluding hydrogens is 475 g/mol. The average Bonchev–Trinajstić information content (AvgIpc) is 3.17. The number of amides is 1. The number of benzene rings is 1. The number of aromatic nitrogens is 1. The van der Waals surface area contributed by atoms with Gasteiger partial charge in [0.2, 0.25) is 0 Å². The minimum atomic E-state index is -4.56. The van der Waals surface area contributed by atoms with Gasteiger partial charge in [-0.1, -0.05) is 13.8 Å². The van der Waals surface area contributed by atoms with Crippen molar-refractivity contribution in [3.8, 4) is 11.5 Å². The third kappa shape index (κ3) is 4.86. The predicted octanol–water partition coefficient (Wildman–Crippen LogP) is 5.85. The van der Waals surface area contributed by atoms with Crippen LogP contribution in [-0.2, 0) is 6.42 Å². The Morgan fingerprint density at radius 2 is 1.89 bits per heavy atom. The minimum absolute atomic E-state index is 0.0225. The molecule has 36 heavy (non-hydrogen) atoms. The lowest BCUT2D eigenvalue weighted by atomic mass is 9.75. The van der Waals surface area contributed by atoms with Crippen LogP contribution < -0.4 is 15.0 Å². The van der Waals surface area contributed by atoms with Gasteiger partial charge in [0.25, 0.3) is 11.9 Å². The number of halogens is 3. The van der Waals surface area contributed by atoms with E-state index in [4.69, 9.17) is 9.15 Å². The number of phenolic OH excluding ortho intramolecular Hbond substituents is 1. The number of fused-ring (bicyclic) bond motifs is 1. The summed E-state index contributed by atoms with van der Waals surface area (Å²) in [4.78, 5) is 18.9. The van der Waals surface area contributed by atoms with Crippen molar-refractivity contribution >= 4 is 17.6 Å². The molecule has 0 radical (unpaired) electrons. The molecule has 1 amide bonds. The molecule has 0 bridgehead atoms. The molecule has 3 aliphatic rings. The highest BCUT2D eigenvalue weighted by atomic mass is 19.4. The predicted molar refractivity (Wildman–Crippen MR) is 128 cm³/mol. The number of alkyl halides is 3. The van der Waals surface area contributed by atoms with Gasteiger partial charge in [0, 0.05) is 30.3 Å². The molecule has 3 fully saturated rings. The maximum absolute atomic E-state index is 13.2. The SMILES string of the molecule is CCC1(CC)CN(c2nc(C(=O)Nc3cc(C)c(OC4CC5C[C@H]5C4)c(O)c3)c(CC(F)(F)F)o2)C1. The standard InChI is InChI=1S/C26H32F3N3O4/c1-4-25(5-2)12-32(13-25)24-31-21(20(36-24)11-26(27,28)29)23(34)30-17-6-14(3)22(19(33)10-17)35-18-8-15-7-16(15)9-18/h6,10,15-16,18,33H,4-5,7-9,11-13H2,1-3H3,(H,30,34)/t15-,16?,18?/m0/s1. The van der Waals surface area contributed by atoms with E-state index in [1.165, 1.54) is 12.5 Å². The van der Waals surface area contributed by atoms with Crippen LogP contribution in [0.25, 0.3) is 0 Å². The van der Waals surface area contributed by atoms with E-state index < -0.39 is 30.0 Å². The van der Waals surface area contributed by atoms with E-state index in [0.29, 0.717) is 24.4 Å². The number of ether oxygens (including phenoxy) is 1. The summed E-state index contributed by atoms with van der Waals surface area (Å²) in [6.07, 6.45) is -0.804. The van der Waals surface area contributed by atoms with Crippen molar-refractivity contribution < 1.29 is 32.2 Å². The lowest BCUT2D eigenvalue weighted by Gasteiger charge is -2.49. The van der Waals surface area contributed by atoms with E-state index >= 15 is 0 Å². The van der Waals surface area contributed by atoms with E-state index in [9.17, 15) is 23.1 Å². The normalized spacial score (nSPS) is 24.3. The monoisotopic (exact) mass is 507 g/mol. The van der Waals surface area contributed by atoms with Crippen molar-refractivity contribution in [3.05, 3.63) is 29.2 Å². The molecule has 1 aromatic carbocycles. The molecule has 1 saturated heterocycles. The van der Waals surface area contributed by atoms with Gasteiger partial charge in [-0.25, -0.2) is 0 Å². The van der Waals surface area contributed by atoms with Crippen LogP contribution in [0.4, 0.5) is 24.9 Å². The molecule has 2 heterocycles. The number of anilines is 2. The molecule has 2 N–H and O–H groups in total. The van der Waals surface area contributed by atoms with Gasteiger partial charge in [-0.05, 0) is 62.5 Å². The van der Waals surface area contributed by atoms with Crippen molar-refractivity contribution in [2.45, 2.75) is 71.6 Å². The number of aryl methyl sites for hydroxylation is 1. The molecule has 2 aliphatic carbocycles. The molecule has 1 aliphatic heterocycles. The average molecular weight is 508 g/mol. The van der Waals surface area contributed by atoms with Crippen molar-refractivity contribution in [3.63, 3.8) is 0 Å². The van der Waals surface area contributed by atoms with E-state index in [2.05, 4.69) is 24.1 Å². The van der Waals surface area contributed by atoms with Crippen molar-refractivity contribution in [1.82, 2.24) is 4.98 Å². The fraction of sp³-hybridized carbons (Fsp3) is 0.615. The molecular formula is C26H32F3N3O4. The van der Waals surface area contributed by atoms with Gasteiger partial charge >= 0.3 is 6.18 Å². The van der Waals surface area contributed by atoms with E-state index in [1.54, 1.807) is 17.9 Å². The third-order valence-corrected chi connectivity index (χ3v) is 8.08. The first-order valence-corrected chi connectivity index (χ1v) is 12.6. The Morgan fingerprint density at radius 3 is 2.47 bits per heavy atom. The van der Waals surface area contributed by atoms with Gasteiger partial charge < -0.3 is 24.5 Å². The fourth-order valence-corrected chi connectivity index (χ4v) is 5.64. The van der Waals surface area contributed by atoms with E-state index in [0.717, 1.165) is 37.5 Å². The minimum Gasteiger partial charge on any atom is -0.504 e. The Balaban J connectivity index is 1.32. The number of phenols is 1. The Kier molecular flexibility index (Phi) is 6.11. The number of hydrogen-bond acceptors (Lipinski definition) is 6. The number of nitrogens with zero attached hydrogens (tertiary/aromatic N) is 2. The fourth-order valence-electron chi connectivity index (χ4n) is 5.64. The number of hydrogen-bond donors (Lipinski definition) is 2. The number of nitrogens with one attached hydrogen (secondary N) is 1. The summed E-state index contributed by atoms with van der Waals surface area (Å²) >= 11 is 0. The second-order valence-electron chi connectivity index (χ2n) is 10.7. The molecule has 2 unspecified atom stereocenters. The molecule has 5 rings (SSSR count). The van der Waals surface area contributed by atoms with E-state index in [1.807, 2.05) is 0 Å². The highest BCUT2D eigenvalue weighted by molar-refractivity contribution is 6.04. The number of carbonyl (C=O) groups excluding carboxylic acids is 1. The first-order chi connectivity index (χ1) is 17.0. The largest absolute Gasteiger partial charge is 0.504 e. The zero-order valence-corrected chi connectivity index (χ0v) is 20.7. The zero-order valence-electron chi connectivity index (χ0n) is 20.7. The first-order valence-electron chi connectivity index (χ1n) is 12.6. The number of rotatable bonds is 8.